The second-order valence-corrected chi connectivity index (χ2v) is 27.3. The Morgan fingerprint density at radius 3 is 1.58 bits per heavy atom. The molecule has 3 aliphatic rings. The van der Waals surface area contributed by atoms with Gasteiger partial charge in [-0.3, -0.25) is 4.79 Å². The molecule has 2 atom stereocenters. The van der Waals surface area contributed by atoms with Crippen LogP contribution in [0.5, 0.6) is 0 Å². The first-order chi connectivity index (χ1) is 23.3. The van der Waals surface area contributed by atoms with E-state index in [1.807, 2.05) is 48.5 Å². The number of Topliss-reactive ketones (excluding diaryl/α,β-unsaturated/α-hetero) is 1. The van der Waals surface area contributed by atoms with Crippen LogP contribution in [0.1, 0.15) is 69.4 Å². The molecule has 8 heteroatoms. The van der Waals surface area contributed by atoms with Crippen molar-refractivity contribution in [3.63, 3.8) is 0 Å². The molecule has 1 unspecified atom stereocenters. The molecule has 5 aromatic rings. The quantitative estimate of drug-likeness (QED) is 0.149. The molecule has 0 bridgehead atoms. The molecule has 3 N–H and O–H groups in total. The number of carbonyl (C=O) groups is 2. The van der Waals surface area contributed by atoms with Gasteiger partial charge in [0.15, 0.2) is 0 Å². The Hall–Kier alpha value is -3.58. The third kappa shape index (κ3) is 7.22. The van der Waals surface area contributed by atoms with Crippen molar-refractivity contribution in [2.75, 3.05) is 0 Å². The van der Waals surface area contributed by atoms with E-state index in [1.54, 1.807) is 6.92 Å². The number of ketones is 1. The van der Waals surface area contributed by atoms with Crippen molar-refractivity contribution >= 4 is 33.6 Å². The molecular weight excluding hydrogens is 794 g/mol. The molecule has 1 saturated heterocycles. The molecule has 8 rings (SSSR count). The van der Waals surface area contributed by atoms with Crippen LogP contribution in [-0.4, -0.2) is 28.9 Å². The number of fused-ring (bicyclic) bond motifs is 3. The van der Waals surface area contributed by atoms with Gasteiger partial charge in [0.2, 0.25) is 0 Å². The summed E-state index contributed by atoms with van der Waals surface area (Å²) in [5.41, 5.74) is 5.33. The first-order valence-corrected chi connectivity index (χ1v) is 25.7. The fourth-order valence-corrected chi connectivity index (χ4v) is 24.3. The Kier molecular flexibility index (Phi) is 10.6. The van der Waals surface area contributed by atoms with Crippen molar-refractivity contribution in [2.45, 2.75) is 87.8 Å². The standard InChI is InChI=1S/C19H23AtN4.C11H14O.C10H12O2/c1-20(21-16-8-2-3-9-17(16)22-20)23-12-4-6-14-10-11-15-7-5-13-24(20)19(15)18(14)23;1-10(12)6-5-9-11-7-3-2-4-8-11;11-10(12)8-4-7-9-5-2-1-3-6-9/h4-7,10-13,16-17,21-22H,2-3,8-9H2,1H3;2-4,7-8H,5-6,9H2,1H3;1-3,5-6H,4,7-8H2,(H,11,12)/q+2;;/t16-,17?;;/m0../s1. The Bertz CT molecular complexity index is 1760. The minimum Gasteiger partial charge on any atom is -0.481 e. The minimum absolute atomic E-state index is 0.259. The van der Waals surface area contributed by atoms with Gasteiger partial charge in [-0.15, -0.1) is 0 Å². The third-order valence-corrected chi connectivity index (χ3v) is 25.0. The number of carboxylic acids is 1. The van der Waals surface area contributed by atoms with Crippen LogP contribution in [0.15, 0.2) is 109 Å². The number of aliphatic carboxylic acids is 1. The summed E-state index contributed by atoms with van der Waals surface area (Å²) in [5, 5.41) is 11.1. The number of nitrogens with one attached hydrogen (secondary N) is 2. The molecule has 0 radical (unpaired) electrons. The van der Waals surface area contributed by atoms with E-state index < -0.39 is 25.9 Å². The van der Waals surface area contributed by atoms with Crippen LogP contribution in [0.2, 0.25) is 4.63 Å². The molecule has 252 valence electrons. The molecule has 1 saturated carbocycles. The number of carboxylic acid groups (broad SMARTS) is 1. The second kappa shape index (κ2) is 14.9. The van der Waals surface area contributed by atoms with Crippen molar-refractivity contribution in [1.29, 1.82) is 0 Å². The topological polar surface area (TPSA) is 86.2 Å². The largest absolute Gasteiger partial charge is 0.481 e. The average molecular weight is 844 g/mol. The predicted molar refractivity (Wildman–Crippen MR) is 188 cm³/mol. The molecular formula is C40H49AtN4O3+2. The van der Waals surface area contributed by atoms with Crippen LogP contribution >= 0.6 is 0 Å². The van der Waals surface area contributed by atoms with Crippen molar-refractivity contribution in [2.24, 2.45) is 0 Å². The molecule has 2 aromatic heterocycles. The van der Waals surface area contributed by atoms with E-state index in [0.717, 1.165) is 25.7 Å². The van der Waals surface area contributed by atoms with Crippen LogP contribution in [0.25, 0.3) is 21.8 Å². The molecule has 7 nitrogen and oxygen atoms in total. The van der Waals surface area contributed by atoms with Crippen molar-refractivity contribution in [1.82, 2.24) is 6.52 Å². The maximum atomic E-state index is 10.6. The number of hydrogen-bond donors (Lipinski definition) is 3. The number of aryl methyl sites for hydroxylation is 2. The fraction of sp³-hybridized carbons (Fsp3) is 0.350. The Morgan fingerprint density at radius 1 is 0.688 bits per heavy atom. The first kappa shape index (κ1) is 34.3. The molecule has 48 heavy (non-hydrogen) atoms. The molecule has 2 aliphatic heterocycles. The predicted octanol–water partition coefficient (Wildman–Crippen LogP) is 6.87. The molecule has 1 aliphatic carbocycles. The number of pyridine rings is 2. The Labute approximate surface area is 286 Å². The summed E-state index contributed by atoms with van der Waals surface area (Å²) in [6.45, 7) is 1.64. The zero-order valence-corrected chi connectivity index (χ0v) is 31.1. The van der Waals surface area contributed by atoms with Crippen LogP contribution in [-0.2, 0) is 22.4 Å². The number of hydrogen-bond acceptors (Lipinski definition) is 4. The number of aromatic nitrogens is 2. The van der Waals surface area contributed by atoms with E-state index in [4.69, 9.17) is 5.11 Å². The van der Waals surface area contributed by atoms with Gasteiger partial charge in [-0.25, -0.2) is 0 Å². The number of carbonyl (C=O) groups excluding carboxylic acids is 1. The maximum absolute atomic E-state index is 10.6. The van der Waals surface area contributed by atoms with Gasteiger partial charge < -0.3 is 9.90 Å². The molecule has 2 fully saturated rings. The number of rotatable bonds is 8. The molecule has 4 heterocycles. The maximum Gasteiger partial charge on any atom is 0.303 e. The van der Waals surface area contributed by atoms with Crippen molar-refractivity contribution < 1.29 is 39.7 Å². The summed E-state index contributed by atoms with van der Waals surface area (Å²) in [4.78, 5) is 20.8. The van der Waals surface area contributed by atoms with E-state index in [2.05, 4.69) is 77.1 Å². The van der Waals surface area contributed by atoms with Crippen LogP contribution in [0, 0.1) is 19.9 Å². The molecule has 3 aromatic carbocycles. The summed E-state index contributed by atoms with van der Waals surface area (Å²) in [6, 6.07) is 34.9. The Morgan fingerprint density at radius 2 is 1.15 bits per heavy atom. The summed E-state index contributed by atoms with van der Waals surface area (Å²) in [7, 11) is 0. The van der Waals surface area contributed by atoms with Gasteiger partial charge >= 0.3 is 150 Å². The van der Waals surface area contributed by atoms with Gasteiger partial charge in [0.1, 0.15) is 5.78 Å². The van der Waals surface area contributed by atoms with Crippen molar-refractivity contribution in [3.05, 3.63) is 121 Å². The van der Waals surface area contributed by atoms with Crippen LogP contribution in [0.3, 0.4) is 0 Å². The van der Waals surface area contributed by atoms with Gasteiger partial charge in [-0.2, -0.15) is 0 Å². The average Bonchev–Trinajstić information content (AvgIpc) is 3.54. The van der Waals surface area contributed by atoms with E-state index in [0.29, 0.717) is 18.5 Å². The van der Waals surface area contributed by atoms with Crippen molar-refractivity contribution in [3.8, 4) is 0 Å². The summed E-state index contributed by atoms with van der Waals surface area (Å²) in [6.07, 6.45) is 14.5. The van der Waals surface area contributed by atoms with E-state index >= 15 is 0 Å². The van der Waals surface area contributed by atoms with E-state index in [9.17, 15) is 9.59 Å². The number of nitrogens with zero attached hydrogens (tertiary/aromatic N) is 2. The van der Waals surface area contributed by atoms with Crippen LogP contribution in [0.4, 0.5) is 0 Å². The van der Waals surface area contributed by atoms with Gasteiger partial charge in [-0.1, -0.05) is 60.7 Å². The molecule has 1 spiro atoms. The SMILES string of the molecule is CC(=O)CCCc1ccccc1.C[At]12(NC3CCCC[C@@H]3N1)[n+]1cccc3ccc4ccc[n+]2c4c31.O=C(O)CCCc1ccccc1. The first-order valence-electron chi connectivity index (χ1n) is 17.2. The van der Waals surface area contributed by atoms with Gasteiger partial charge in [-0.05, 0) is 43.7 Å². The van der Waals surface area contributed by atoms with Gasteiger partial charge in [0.05, 0.1) is 0 Å². The van der Waals surface area contributed by atoms with Gasteiger partial charge in [0, 0.05) is 12.8 Å². The summed E-state index contributed by atoms with van der Waals surface area (Å²) in [5.74, 6) is -0.433. The zero-order chi connectivity index (χ0) is 33.6. The molecule has 0 amide bonds. The monoisotopic (exact) mass is 843 g/mol. The second-order valence-electron chi connectivity index (χ2n) is 13.3. The Balaban J connectivity index is 0.000000142. The third-order valence-electron chi connectivity index (χ3n) is 9.62. The number of benzene rings is 3. The van der Waals surface area contributed by atoms with E-state index in [1.165, 1.54) is 58.6 Å². The van der Waals surface area contributed by atoms with E-state index in [-0.39, 0.29) is 12.2 Å². The smallest absolute Gasteiger partial charge is 0.303 e. The summed E-state index contributed by atoms with van der Waals surface area (Å²) >= 11 is -3.69. The normalized spacial score (nSPS) is 20.2. The van der Waals surface area contributed by atoms with Crippen LogP contribution < -0.4 is 11.5 Å². The minimum atomic E-state index is -3.69. The van der Waals surface area contributed by atoms with Gasteiger partial charge in [0.25, 0.3) is 0 Å². The summed E-state index contributed by atoms with van der Waals surface area (Å²) < 4.78 is 16.2. The zero-order valence-electron chi connectivity index (χ0n) is 28.2. The fourth-order valence-electron chi connectivity index (χ4n) is 7.28.